The largest absolute Gasteiger partial charge is 0.344 e. The molecule has 2 fully saturated rings. The molecule has 1 N–H and O–H groups in total. The highest BCUT2D eigenvalue weighted by molar-refractivity contribution is 5.78. The van der Waals surface area contributed by atoms with Gasteiger partial charge in [-0.3, -0.25) is 4.79 Å². The number of hydrogen-bond acceptors (Lipinski definition) is 3. The summed E-state index contributed by atoms with van der Waals surface area (Å²) in [5.74, 6) is 1.04. The van der Waals surface area contributed by atoms with Crippen LogP contribution in [0.25, 0.3) is 0 Å². The van der Waals surface area contributed by atoms with Crippen molar-refractivity contribution >= 4 is 5.91 Å². The quantitative estimate of drug-likeness (QED) is 0.771. The lowest BCUT2D eigenvalue weighted by Crippen LogP contribution is -2.51. The Labute approximate surface area is 104 Å². The second-order valence-corrected chi connectivity index (χ2v) is 5.70. The molecule has 0 spiro atoms. The summed E-state index contributed by atoms with van der Waals surface area (Å²) in [6.45, 7) is 6.14. The smallest absolute Gasteiger partial charge is 0.225 e. The van der Waals surface area contributed by atoms with Crippen LogP contribution in [-0.2, 0) is 4.79 Å². The highest BCUT2D eigenvalue weighted by Crippen LogP contribution is 2.20. The lowest BCUT2D eigenvalue weighted by atomic mass is 9.88. The van der Waals surface area contributed by atoms with Gasteiger partial charge in [0, 0.05) is 25.6 Å². The van der Waals surface area contributed by atoms with E-state index in [4.69, 9.17) is 0 Å². The molecule has 2 heterocycles. The van der Waals surface area contributed by atoms with E-state index in [0.717, 1.165) is 19.6 Å². The Bertz CT molecular complexity index is 278. The monoisotopic (exact) mass is 239 g/mol. The summed E-state index contributed by atoms with van der Waals surface area (Å²) in [5, 5.41) is 3.24. The van der Waals surface area contributed by atoms with Gasteiger partial charge in [0.1, 0.15) is 0 Å². The van der Waals surface area contributed by atoms with Gasteiger partial charge in [-0.1, -0.05) is 6.92 Å². The van der Waals surface area contributed by atoms with Crippen molar-refractivity contribution in [1.29, 1.82) is 0 Å². The van der Waals surface area contributed by atoms with Crippen molar-refractivity contribution in [1.82, 2.24) is 15.1 Å². The topological polar surface area (TPSA) is 35.6 Å². The summed E-state index contributed by atoms with van der Waals surface area (Å²) < 4.78 is 0. The molecule has 2 atom stereocenters. The first-order valence-electron chi connectivity index (χ1n) is 6.75. The summed E-state index contributed by atoms with van der Waals surface area (Å²) in [6.07, 6.45) is 2.50. The van der Waals surface area contributed by atoms with E-state index in [0.29, 0.717) is 17.9 Å². The predicted molar refractivity (Wildman–Crippen MR) is 68.8 cm³/mol. The maximum atomic E-state index is 12.3. The number of carbonyl (C=O) groups excluding carboxylic acids is 1. The van der Waals surface area contributed by atoms with E-state index in [9.17, 15) is 4.79 Å². The molecule has 1 amide bonds. The molecule has 2 rings (SSSR count). The number of carbonyl (C=O) groups is 1. The maximum Gasteiger partial charge on any atom is 0.225 e. The fraction of sp³-hybridized carbons (Fsp3) is 0.923. The highest BCUT2D eigenvalue weighted by Gasteiger charge is 2.32. The minimum absolute atomic E-state index is 0.174. The number of nitrogens with one attached hydrogen (secondary N) is 1. The predicted octanol–water partition coefficient (Wildman–Crippen LogP) is 0.395. The molecule has 0 aromatic heterocycles. The minimum atomic E-state index is 0.174. The standard InChI is InChI=1S/C13H25N3O/c1-10(11-7-14-8-11)13(17)16(3)9-12-5-4-6-15(12)2/h10-12,14H,4-9H2,1-3H3. The number of rotatable bonds is 4. The van der Waals surface area contributed by atoms with Crippen LogP contribution in [0.3, 0.4) is 0 Å². The molecule has 17 heavy (non-hydrogen) atoms. The normalized spacial score (nSPS) is 27.8. The van der Waals surface area contributed by atoms with Crippen molar-refractivity contribution in [3.05, 3.63) is 0 Å². The zero-order valence-electron chi connectivity index (χ0n) is 11.3. The zero-order valence-corrected chi connectivity index (χ0v) is 11.3. The third kappa shape index (κ3) is 2.80. The van der Waals surface area contributed by atoms with Crippen LogP contribution < -0.4 is 5.32 Å². The molecular formula is C13H25N3O. The number of amides is 1. The average molecular weight is 239 g/mol. The molecule has 2 aliphatic rings. The molecule has 4 nitrogen and oxygen atoms in total. The minimum Gasteiger partial charge on any atom is -0.344 e. The van der Waals surface area contributed by atoms with Gasteiger partial charge in [0.25, 0.3) is 0 Å². The van der Waals surface area contributed by atoms with Gasteiger partial charge in [0.15, 0.2) is 0 Å². The number of hydrogen-bond donors (Lipinski definition) is 1. The first-order chi connectivity index (χ1) is 8.09. The first kappa shape index (κ1) is 12.8. The van der Waals surface area contributed by atoms with Crippen LogP contribution in [0.15, 0.2) is 0 Å². The fourth-order valence-corrected chi connectivity index (χ4v) is 2.83. The van der Waals surface area contributed by atoms with Crippen molar-refractivity contribution in [2.75, 3.05) is 40.3 Å². The molecular weight excluding hydrogens is 214 g/mol. The van der Waals surface area contributed by atoms with Crippen molar-refractivity contribution in [2.45, 2.75) is 25.8 Å². The molecule has 98 valence electrons. The van der Waals surface area contributed by atoms with E-state index in [1.165, 1.54) is 19.4 Å². The zero-order chi connectivity index (χ0) is 12.4. The van der Waals surface area contributed by atoms with Gasteiger partial charge >= 0.3 is 0 Å². The second kappa shape index (κ2) is 5.36. The Kier molecular flexibility index (Phi) is 4.05. The molecule has 0 bridgehead atoms. The van der Waals surface area contributed by atoms with Gasteiger partial charge in [0.05, 0.1) is 0 Å². The highest BCUT2D eigenvalue weighted by atomic mass is 16.2. The summed E-state index contributed by atoms with van der Waals surface area (Å²) in [7, 11) is 4.12. The third-order valence-electron chi connectivity index (χ3n) is 4.44. The van der Waals surface area contributed by atoms with Gasteiger partial charge in [-0.05, 0) is 45.4 Å². The molecule has 0 aromatic rings. The Morgan fingerprint density at radius 1 is 1.53 bits per heavy atom. The molecule has 0 aromatic carbocycles. The third-order valence-corrected chi connectivity index (χ3v) is 4.44. The Balaban J connectivity index is 1.81. The van der Waals surface area contributed by atoms with Crippen molar-refractivity contribution < 1.29 is 4.79 Å². The Morgan fingerprint density at radius 2 is 2.24 bits per heavy atom. The van der Waals surface area contributed by atoms with E-state index >= 15 is 0 Å². The number of likely N-dealkylation sites (tertiary alicyclic amines) is 1. The van der Waals surface area contributed by atoms with Gasteiger partial charge < -0.3 is 15.1 Å². The van der Waals surface area contributed by atoms with Crippen molar-refractivity contribution in [3.8, 4) is 0 Å². The molecule has 2 saturated heterocycles. The van der Waals surface area contributed by atoms with Crippen LogP contribution >= 0.6 is 0 Å². The van der Waals surface area contributed by atoms with E-state index < -0.39 is 0 Å². The molecule has 2 unspecified atom stereocenters. The summed E-state index contributed by atoms with van der Waals surface area (Å²) in [6, 6.07) is 0.565. The van der Waals surface area contributed by atoms with Crippen molar-refractivity contribution in [2.24, 2.45) is 11.8 Å². The van der Waals surface area contributed by atoms with Crippen LogP contribution in [0.2, 0.25) is 0 Å². The number of nitrogens with zero attached hydrogens (tertiary/aromatic N) is 2. The van der Waals surface area contributed by atoms with Gasteiger partial charge in [-0.2, -0.15) is 0 Å². The molecule has 0 saturated carbocycles. The summed E-state index contributed by atoms with van der Waals surface area (Å²) >= 11 is 0. The second-order valence-electron chi connectivity index (χ2n) is 5.70. The average Bonchev–Trinajstić information content (AvgIpc) is 2.60. The fourth-order valence-electron chi connectivity index (χ4n) is 2.83. The van der Waals surface area contributed by atoms with E-state index in [-0.39, 0.29) is 5.92 Å². The summed E-state index contributed by atoms with van der Waals surface area (Å²) in [4.78, 5) is 16.6. The molecule has 4 heteroatoms. The van der Waals surface area contributed by atoms with E-state index in [2.05, 4.69) is 24.2 Å². The maximum absolute atomic E-state index is 12.3. The number of likely N-dealkylation sites (N-methyl/N-ethyl adjacent to an activating group) is 2. The first-order valence-corrected chi connectivity index (χ1v) is 6.75. The van der Waals surface area contributed by atoms with Crippen LogP contribution in [0.4, 0.5) is 0 Å². The van der Waals surface area contributed by atoms with E-state index in [1.807, 2.05) is 11.9 Å². The Morgan fingerprint density at radius 3 is 2.71 bits per heavy atom. The lowest BCUT2D eigenvalue weighted by molar-refractivity contribution is -0.136. The lowest BCUT2D eigenvalue weighted by Gasteiger charge is -2.35. The van der Waals surface area contributed by atoms with Gasteiger partial charge in [0.2, 0.25) is 5.91 Å². The van der Waals surface area contributed by atoms with Crippen molar-refractivity contribution in [3.63, 3.8) is 0 Å². The molecule has 2 aliphatic heterocycles. The Hall–Kier alpha value is -0.610. The summed E-state index contributed by atoms with van der Waals surface area (Å²) in [5.41, 5.74) is 0. The van der Waals surface area contributed by atoms with Crippen LogP contribution in [0.5, 0.6) is 0 Å². The van der Waals surface area contributed by atoms with E-state index in [1.54, 1.807) is 0 Å². The van der Waals surface area contributed by atoms with Crippen LogP contribution in [0, 0.1) is 11.8 Å². The SMILES string of the molecule is CC(C(=O)N(C)CC1CCCN1C)C1CNC1. The molecule has 0 aliphatic carbocycles. The van der Waals surface area contributed by atoms with Gasteiger partial charge in [-0.15, -0.1) is 0 Å². The van der Waals surface area contributed by atoms with Crippen LogP contribution in [0.1, 0.15) is 19.8 Å². The molecule has 0 radical (unpaired) electrons. The van der Waals surface area contributed by atoms with Crippen LogP contribution in [-0.4, -0.2) is 62.0 Å². The van der Waals surface area contributed by atoms with Gasteiger partial charge in [-0.25, -0.2) is 0 Å².